The Labute approximate surface area is 174 Å². The maximum absolute atomic E-state index is 12.3. The molecule has 0 saturated carbocycles. The van der Waals surface area contributed by atoms with Crippen molar-refractivity contribution in [3.05, 3.63) is 57.5 Å². The fraction of sp³-hybridized carbons (Fsp3) is 0.158. The van der Waals surface area contributed by atoms with Gasteiger partial charge in [-0.1, -0.05) is 53.5 Å². The zero-order chi connectivity index (χ0) is 21.3. The number of hydrogen-bond donors (Lipinski definition) is 3. The first-order chi connectivity index (χ1) is 13.8. The highest BCUT2D eigenvalue weighted by molar-refractivity contribution is 6.46. The summed E-state index contributed by atoms with van der Waals surface area (Å²) in [5, 5.41) is 31.1. The second-order valence-electron chi connectivity index (χ2n) is 6.13. The Bertz CT molecular complexity index is 1170. The summed E-state index contributed by atoms with van der Waals surface area (Å²) in [6.45, 7) is 1.16. The molecule has 1 amide bonds. The molecule has 3 N–H and O–H groups in total. The summed E-state index contributed by atoms with van der Waals surface area (Å²) in [4.78, 5) is 26.9. The molecular formula is C19H14Cl2N4O4. The molecule has 1 atom stereocenters. The predicted molar refractivity (Wildman–Crippen MR) is 106 cm³/mol. The van der Waals surface area contributed by atoms with Crippen LogP contribution >= 0.6 is 23.2 Å². The summed E-state index contributed by atoms with van der Waals surface area (Å²) in [7, 11) is 0. The van der Waals surface area contributed by atoms with Gasteiger partial charge in [0.05, 0.1) is 22.0 Å². The highest BCUT2D eigenvalue weighted by atomic mass is 35.5. The Balaban J connectivity index is 2.26. The van der Waals surface area contributed by atoms with Crippen LogP contribution in [0.1, 0.15) is 34.7 Å². The lowest BCUT2D eigenvalue weighted by atomic mass is 10.1. The maximum Gasteiger partial charge on any atom is 0.322 e. The van der Waals surface area contributed by atoms with Crippen LogP contribution in [0.2, 0.25) is 10.2 Å². The minimum absolute atomic E-state index is 0.00790. The Morgan fingerprint density at radius 1 is 1.31 bits per heavy atom. The van der Waals surface area contributed by atoms with Gasteiger partial charge in [-0.15, -0.1) is 0 Å². The number of fused-ring (bicyclic) bond motifs is 1. The van der Waals surface area contributed by atoms with Gasteiger partial charge >= 0.3 is 5.97 Å². The lowest BCUT2D eigenvalue weighted by Crippen LogP contribution is -2.30. The van der Waals surface area contributed by atoms with Crippen molar-refractivity contribution in [1.82, 2.24) is 14.9 Å². The normalized spacial score (nSPS) is 11.8. The van der Waals surface area contributed by atoms with Crippen molar-refractivity contribution in [3.63, 3.8) is 0 Å². The second kappa shape index (κ2) is 7.99. The number of halogens is 2. The van der Waals surface area contributed by atoms with E-state index in [1.807, 2.05) is 43.3 Å². The fourth-order valence-electron chi connectivity index (χ4n) is 3.04. The molecule has 3 aromatic rings. The lowest BCUT2D eigenvalue weighted by Gasteiger charge is -2.18. The van der Waals surface area contributed by atoms with Crippen molar-refractivity contribution in [2.75, 3.05) is 6.54 Å². The number of aromatic nitrogens is 2. The van der Waals surface area contributed by atoms with Crippen LogP contribution in [0, 0.1) is 11.3 Å². The van der Waals surface area contributed by atoms with Crippen molar-refractivity contribution in [3.8, 4) is 11.8 Å². The van der Waals surface area contributed by atoms with E-state index in [-0.39, 0.29) is 32.8 Å². The van der Waals surface area contributed by atoms with Gasteiger partial charge in [0.1, 0.15) is 17.8 Å². The topological polar surface area (TPSA) is 128 Å². The number of carbonyl (C=O) groups excluding carboxylic acids is 1. The first kappa shape index (κ1) is 20.5. The SMILES string of the molecule is C[C@@H](c1ccccc1)n1c(Cl)c(Cl)c2c(O)c(C(=O)NCC(=O)O)nc(C#N)c21. The highest BCUT2D eigenvalue weighted by Crippen LogP contribution is 2.44. The van der Waals surface area contributed by atoms with Crippen LogP contribution in [0.4, 0.5) is 0 Å². The molecule has 0 fully saturated rings. The van der Waals surface area contributed by atoms with E-state index >= 15 is 0 Å². The third-order valence-electron chi connectivity index (χ3n) is 4.39. The van der Waals surface area contributed by atoms with Crippen molar-refractivity contribution >= 4 is 46.0 Å². The maximum atomic E-state index is 12.3. The number of nitrogens with one attached hydrogen (secondary N) is 1. The number of carboxylic acid groups (broad SMARTS) is 1. The summed E-state index contributed by atoms with van der Waals surface area (Å²) in [5.74, 6) is -2.82. The van der Waals surface area contributed by atoms with Gasteiger partial charge in [0.25, 0.3) is 5.91 Å². The molecule has 3 rings (SSSR count). The number of amides is 1. The number of carbonyl (C=O) groups is 2. The highest BCUT2D eigenvalue weighted by Gasteiger charge is 2.29. The Kier molecular flexibility index (Phi) is 5.64. The van der Waals surface area contributed by atoms with Gasteiger partial charge in [-0.05, 0) is 12.5 Å². The molecule has 0 aliphatic rings. The van der Waals surface area contributed by atoms with Crippen LogP contribution in [0.25, 0.3) is 10.9 Å². The van der Waals surface area contributed by atoms with Gasteiger partial charge < -0.3 is 20.1 Å². The molecule has 1 aromatic carbocycles. The molecule has 10 heteroatoms. The third-order valence-corrected chi connectivity index (χ3v) is 5.23. The molecule has 0 unspecified atom stereocenters. The second-order valence-corrected chi connectivity index (χ2v) is 6.87. The number of benzene rings is 1. The Morgan fingerprint density at radius 3 is 2.55 bits per heavy atom. The van der Waals surface area contributed by atoms with Crippen LogP contribution in [0.3, 0.4) is 0 Å². The molecule has 0 bridgehead atoms. The fourth-order valence-corrected chi connectivity index (χ4v) is 3.63. The van der Waals surface area contributed by atoms with Gasteiger partial charge in [0, 0.05) is 0 Å². The van der Waals surface area contributed by atoms with Crippen LogP contribution in [-0.4, -0.2) is 38.2 Å². The standard InChI is InChI=1S/C19H14Cl2N4O4/c1-9(10-5-3-2-4-6-10)25-16-11(7-22)24-15(19(29)23-8-12(26)27)17(28)13(16)14(20)18(25)21/h2-6,9,28H,8H2,1H3,(H,23,29)(H,26,27)/t9-/m0/s1. The minimum atomic E-state index is -1.27. The number of aliphatic carboxylic acids is 1. The summed E-state index contributed by atoms with van der Waals surface area (Å²) in [6, 6.07) is 10.8. The predicted octanol–water partition coefficient (Wildman–Crippen LogP) is 3.34. The molecule has 8 nitrogen and oxygen atoms in total. The molecule has 148 valence electrons. The molecule has 0 saturated heterocycles. The van der Waals surface area contributed by atoms with E-state index in [2.05, 4.69) is 10.3 Å². The third kappa shape index (κ3) is 3.58. The van der Waals surface area contributed by atoms with E-state index in [0.29, 0.717) is 0 Å². The largest absolute Gasteiger partial charge is 0.505 e. The lowest BCUT2D eigenvalue weighted by molar-refractivity contribution is -0.135. The van der Waals surface area contributed by atoms with Gasteiger partial charge in [0.2, 0.25) is 0 Å². The first-order valence-electron chi connectivity index (χ1n) is 8.34. The quantitative estimate of drug-likeness (QED) is 0.566. The van der Waals surface area contributed by atoms with E-state index in [4.69, 9.17) is 28.3 Å². The Morgan fingerprint density at radius 2 is 1.97 bits per heavy atom. The van der Waals surface area contributed by atoms with E-state index in [1.165, 1.54) is 0 Å². The molecule has 29 heavy (non-hydrogen) atoms. The van der Waals surface area contributed by atoms with Gasteiger partial charge in [-0.3, -0.25) is 9.59 Å². The Hall–Kier alpha value is -3.28. The number of carboxylic acids is 1. The van der Waals surface area contributed by atoms with Crippen LogP contribution in [0.15, 0.2) is 30.3 Å². The summed E-state index contributed by atoms with van der Waals surface area (Å²) in [6.07, 6.45) is 0. The monoisotopic (exact) mass is 432 g/mol. The number of rotatable bonds is 5. The van der Waals surface area contributed by atoms with Crippen molar-refractivity contribution in [2.45, 2.75) is 13.0 Å². The van der Waals surface area contributed by atoms with Crippen LogP contribution in [0.5, 0.6) is 5.75 Å². The van der Waals surface area contributed by atoms with E-state index < -0.39 is 29.9 Å². The molecular weight excluding hydrogens is 419 g/mol. The summed E-state index contributed by atoms with van der Waals surface area (Å²) >= 11 is 12.8. The van der Waals surface area contributed by atoms with Crippen molar-refractivity contribution < 1.29 is 19.8 Å². The molecule has 0 aliphatic carbocycles. The molecule has 2 heterocycles. The zero-order valence-electron chi connectivity index (χ0n) is 15.0. The summed E-state index contributed by atoms with van der Waals surface area (Å²) in [5.41, 5.74) is 0.342. The molecule has 2 aromatic heterocycles. The average molecular weight is 433 g/mol. The van der Waals surface area contributed by atoms with Gasteiger partial charge in [-0.2, -0.15) is 5.26 Å². The number of pyridine rings is 1. The van der Waals surface area contributed by atoms with Crippen LogP contribution in [-0.2, 0) is 4.79 Å². The zero-order valence-corrected chi connectivity index (χ0v) is 16.5. The van der Waals surface area contributed by atoms with Gasteiger partial charge in [-0.25, -0.2) is 4.98 Å². The number of aromatic hydroxyl groups is 1. The number of hydrogen-bond acceptors (Lipinski definition) is 5. The van der Waals surface area contributed by atoms with Crippen molar-refractivity contribution in [2.24, 2.45) is 0 Å². The van der Waals surface area contributed by atoms with E-state index in [1.54, 1.807) is 4.57 Å². The smallest absolute Gasteiger partial charge is 0.322 e. The van der Waals surface area contributed by atoms with Crippen molar-refractivity contribution in [1.29, 1.82) is 5.26 Å². The number of nitriles is 1. The molecule has 0 spiro atoms. The van der Waals surface area contributed by atoms with E-state index in [9.17, 15) is 20.0 Å². The van der Waals surface area contributed by atoms with E-state index in [0.717, 1.165) is 5.56 Å². The molecule has 0 aliphatic heterocycles. The number of nitrogens with zero attached hydrogens (tertiary/aromatic N) is 3. The van der Waals surface area contributed by atoms with Crippen LogP contribution < -0.4 is 5.32 Å². The first-order valence-corrected chi connectivity index (χ1v) is 9.10. The minimum Gasteiger partial charge on any atom is -0.505 e. The van der Waals surface area contributed by atoms with Gasteiger partial charge in [0.15, 0.2) is 17.1 Å². The average Bonchev–Trinajstić information content (AvgIpc) is 2.98. The molecule has 0 radical (unpaired) electrons. The summed E-state index contributed by atoms with van der Waals surface area (Å²) < 4.78 is 1.55.